The Bertz CT molecular complexity index is 573. The van der Waals surface area contributed by atoms with Gasteiger partial charge in [-0.05, 0) is 61.5 Å². The van der Waals surface area contributed by atoms with Gasteiger partial charge in [-0.25, -0.2) is 4.39 Å². The highest BCUT2D eigenvalue weighted by Gasteiger charge is 2.16. The predicted octanol–water partition coefficient (Wildman–Crippen LogP) is 5.31. The molecule has 1 unspecified atom stereocenters. The fourth-order valence-corrected chi connectivity index (χ4v) is 4.85. The molecule has 96 valence electrons. The average Bonchev–Trinajstić information content (AvgIpc) is 2.64. The first kappa shape index (κ1) is 14.5. The van der Waals surface area contributed by atoms with Gasteiger partial charge in [-0.1, -0.05) is 23.7 Å². The zero-order valence-electron chi connectivity index (χ0n) is 9.09. The van der Waals surface area contributed by atoms with Gasteiger partial charge in [0.1, 0.15) is 5.82 Å². The molecule has 2 rings (SSSR count). The van der Waals surface area contributed by atoms with Crippen LogP contribution in [0.2, 0.25) is 5.02 Å². The van der Waals surface area contributed by atoms with Gasteiger partial charge in [-0.15, -0.1) is 11.3 Å². The van der Waals surface area contributed by atoms with Crippen molar-refractivity contribution in [2.45, 2.75) is 12.5 Å². The maximum Gasteiger partial charge on any atom is 0.145 e. The third-order valence-electron chi connectivity index (χ3n) is 2.55. The van der Waals surface area contributed by atoms with E-state index >= 15 is 0 Å². The summed E-state index contributed by atoms with van der Waals surface area (Å²) >= 11 is 14.2. The summed E-state index contributed by atoms with van der Waals surface area (Å²) in [4.78, 5) is 0. The van der Waals surface area contributed by atoms with E-state index in [9.17, 15) is 4.39 Å². The summed E-state index contributed by atoms with van der Waals surface area (Å²) in [5, 5.41) is 0.130. The summed E-state index contributed by atoms with van der Waals surface area (Å²) in [6.45, 7) is 0. The van der Waals surface area contributed by atoms with Crippen LogP contribution in [0.1, 0.15) is 17.2 Å². The molecule has 0 fully saturated rings. The van der Waals surface area contributed by atoms with Crippen LogP contribution < -0.4 is 5.73 Å². The lowest BCUT2D eigenvalue weighted by Gasteiger charge is -2.12. The van der Waals surface area contributed by atoms with Crippen LogP contribution in [0.3, 0.4) is 0 Å². The minimum atomic E-state index is -0.389. The van der Waals surface area contributed by atoms with E-state index in [2.05, 4.69) is 31.9 Å². The maximum absolute atomic E-state index is 13.8. The fraction of sp³-hybridized carbons (Fsp3) is 0.167. The molecule has 2 N–H and O–H groups in total. The van der Waals surface area contributed by atoms with Gasteiger partial charge >= 0.3 is 0 Å². The molecule has 2 aromatic rings. The van der Waals surface area contributed by atoms with Gasteiger partial charge in [0.2, 0.25) is 0 Å². The van der Waals surface area contributed by atoms with Crippen LogP contribution in [0.15, 0.2) is 31.8 Å². The molecule has 6 heteroatoms. The van der Waals surface area contributed by atoms with Crippen molar-refractivity contribution in [3.63, 3.8) is 0 Å². The highest BCUT2D eigenvalue weighted by Crippen LogP contribution is 2.36. The van der Waals surface area contributed by atoms with E-state index < -0.39 is 0 Å². The lowest BCUT2D eigenvalue weighted by atomic mass is 10.0. The van der Waals surface area contributed by atoms with E-state index in [-0.39, 0.29) is 16.9 Å². The molecule has 0 radical (unpaired) electrons. The maximum atomic E-state index is 13.8. The number of hydrogen-bond acceptors (Lipinski definition) is 2. The third kappa shape index (κ3) is 3.14. The monoisotopic (exact) mass is 411 g/mol. The van der Waals surface area contributed by atoms with Gasteiger partial charge < -0.3 is 5.73 Å². The third-order valence-corrected chi connectivity index (χ3v) is 5.23. The van der Waals surface area contributed by atoms with Crippen molar-refractivity contribution in [1.82, 2.24) is 0 Å². The van der Waals surface area contributed by atoms with Gasteiger partial charge in [0.25, 0.3) is 0 Å². The molecule has 0 saturated carbocycles. The molecule has 1 aromatic carbocycles. The normalized spacial score (nSPS) is 12.7. The van der Waals surface area contributed by atoms with Crippen molar-refractivity contribution >= 4 is 54.8 Å². The minimum Gasteiger partial charge on any atom is -0.324 e. The Kier molecular flexibility index (Phi) is 4.83. The van der Waals surface area contributed by atoms with E-state index in [1.54, 1.807) is 23.5 Å². The zero-order chi connectivity index (χ0) is 13.3. The molecule has 1 atom stereocenters. The molecular weight excluding hydrogens is 404 g/mol. The number of thiophene rings is 1. The zero-order valence-corrected chi connectivity index (χ0v) is 13.8. The van der Waals surface area contributed by atoms with Crippen molar-refractivity contribution in [1.29, 1.82) is 0 Å². The van der Waals surface area contributed by atoms with Gasteiger partial charge in [0.15, 0.2) is 0 Å². The molecule has 18 heavy (non-hydrogen) atoms. The first-order valence-corrected chi connectivity index (χ1v) is 7.90. The Morgan fingerprint density at radius 3 is 2.72 bits per heavy atom. The molecule has 1 aromatic heterocycles. The number of benzene rings is 1. The van der Waals surface area contributed by atoms with Crippen LogP contribution in [0, 0.1) is 5.82 Å². The Labute approximate surface area is 130 Å². The summed E-state index contributed by atoms with van der Waals surface area (Å²) in [7, 11) is 0. The average molecular weight is 414 g/mol. The number of hydrogen-bond donors (Lipinski definition) is 1. The van der Waals surface area contributed by atoms with Crippen LogP contribution >= 0.6 is 54.8 Å². The lowest BCUT2D eigenvalue weighted by molar-refractivity contribution is 0.593. The molecule has 0 aliphatic carbocycles. The number of nitrogens with two attached hydrogens (primary N) is 1. The molecular formula is C12H9Br2ClFNS. The Balaban J connectivity index is 2.24. The Hall–Kier alpha value is 0.0600. The first-order chi connectivity index (χ1) is 8.49. The fourth-order valence-electron chi connectivity index (χ4n) is 1.66. The largest absolute Gasteiger partial charge is 0.324 e. The van der Waals surface area contributed by atoms with Crippen molar-refractivity contribution < 1.29 is 4.39 Å². The van der Waals surface area contributed by atoms with Crippen molar-refractivity contribution in [3.05, 3.63) is 53.8 Å². The Morgan fingerprint density at radius 1 is 1.39 bits per heavy atom. The van der Waals surface area contributed by atoms with Crippen molar-refractivity contribution in [2.24, 2.45) is 5.73 Å². The standard InChI is InChI=1S/C12H9Br2ClFNS/c13-10-5-7(12(14)18-10)9(17)4-6-2-1-3-8(15)11(6)16/h1-3,5,9H,4,17H2. The molecule has 0 aliphatic rings. The molecule has 1 nitrogen and oxygen atoms in total. The van der Waals surface area contributed by atoms with Crippen LogP contribution in [0.5, 0.6) is 0 Å². The van der Waals surface area contributed by atoms with Crippen LogP contribution in [-0.2, 0) is 6.42 Å². The lowest BCUT2D eigenvalue weighted by Crippen LogP contribution is -2.14. The van der Waals surface area contributed by atoms with Gasteiger partial charge in [0, 0.05) is 6.04 Å². The molecule has 0 aliphatic heterocycles. The second kappa shape index (κ2) is 6.01. The molecule has 0 amide bonds. The van der Waals surface area contributed by atoms with E-state index in [1.807, 2.05) is 6.07 Å². The van der Waals surface area contributed by atoms with Gasteiger partial charge in [-0.2, -0.15) is 0 Å². The Morgan fingerprint density at radius 2 is 2.11 bits per heavy atom. The number of rotatable bonds is 3. The van der Waals surface area contributed by atoms with E-state index in [0.29, 0.717) is 12.0 Å². The van der Waals surface area contributed by atoms with Crippen LogP contribution in [-0.4, -0.2) is 0 Å². The van der Waals surface area contributed by atoms with Gasteiger partial charge in [-0.3, -0.25) is 0 Å². The van der Waals surface area contributed by atoms with Crippen molar-refractivity contribution in [2.75, 3.05) is 0 Å². The topological polar surface area (TPSA) is 26.0 Å². The summed E-state index contributed by atoms with van der Waals surface area (Å²) < 4.78 is 15.7. The van der Waals surface area contributed by atoms with E-state index in [1.165, 1.54) is 6.07 Å². The summed E-state index contributed by atoms with van der Waals surface area (Å²) in [5.74, 6) is -0.389. The summed E-state index contributed by atoms with van der Waals surface area (Å²) in [6, 6.07) is 6.64. The minimum absolute atomic E-state index is 0.130. The smallest absolute Gasteiger partial charge is 0.145 e. The second-order valence-corrected chi connectivity index (χ2v) is 7.96. The molecule has 0 bridgehead atoms. The quantitative estimate of drug-likeness (QED) is 0.725. The molecule has 0 spiro atoms. The highest BCUT2D eigenvalue weighted by atomic mass is 79.9. The summed E-state index contributed by atoms with van der Waals surface area (Å²) in [5.41, 5.74) is 7.60. The summed E-state index contributed by atoms with van der Waals surface area (Å²) in [6.07, 6.45) is 0.411. The SMILES string of the molecule is NC(Cc1cccc(Cl)c1F)c1cc(Br)sc1Br. The van der Waals surface area contributed by atoms with E-state index in [0.717, 1.165) is 13.1 Å². The first-order valence-electron chi connectivity index (χ1n) is 5.12. The predicted molar refractivity (Wildman–Crippen MR) is 81.8 cm³/mol. The molecule has 1 heterocycles. The molecule has 0 saturated heterocycles. The highest BCUT2D eigenvalue weighted by molar-refractivity contribution is 9.12. The van der Waals surface area contributed by atoms with Crippen molar-refractivity contribution in [3.8, 4) is 0 Å². The van der Waals surface area contributed by atoms with Crippen LogP contribution in [0.25, 0.3) is 0 Å². The number of halogens is 4. The second-order valence-electron chi connectivity index (χ2n) is 3.80. The van der Waals surface area contributed by atoms with Crippen LogP contribution in [0.4, 0.5) is 4.39 Å². The van der Waals surface area contributed by atoms with Gasteiger partial charge in [0.05, 0.1) is 12.6 Å². The van der Waals surface area contributed by atoms with E-state index in [4.69, 9.17) is 17.3 Å².